The third kappa shape index (κ3) is 1.65. The van der Waals surface area contributed by atoms with Gasteiger partial charge in [-0.25, -0.2) is 0 Å². The molecule has 0 spiro atoms. The number of hydrogen-bond donors (Lipinski definition) is 1. The van der Waals surface area contributed by atoms with Crippen molar-refractivity contribution < 1.29 is 4.39 Å². The number of halogens is 1. The molecule has 1 N–H and O–H groups in total. The molecule has 1 rings (SSSR count). The highest BCUT2D eigenvalue weighted by molar-refractivity contribution is 4.93. The first kappa shape index (κ1) is 7.00. The Morgan fingerprint density at radius 2 is 2.22 bits per heavy atom. The molecular weight excluding hydrogens is 117 g/mol. The zero-order valence-electron chi connectivity index (χ0n) is 5.91. The molecule has 2 heteroatoms. The monoisotopic (exact) mass is 131 g/mol. The molecule has 0 atom stereocenters. The van der Waals surface area contributed by atoms with Gasteiger partial charge in [-0.15, -0.1) is 0 Å². The molecule has 0 amide bonds. The van der Waals surface area contributed by atoms with E-state index in [2.05, 4.69) is 5.32 Å². The molecule has 0 bridgehead atoms. The summed E-state index contributed by atoms with van der Waals surface area (Å²) in [4.78, 5) is 0. The predicted molar refractivity (Wildman–Crippen MR) is 36.2 cm³/mol. The molecule has 0 radical (unpaired) electrons. The lowest BCUT2D eigenvalue weighted by Gasteiger charge is -2.10. The summed E-state index contributed by atoms with van der Waals surface area (Å²) in [6.07, 6.45) is 3.20. The van der Waals surface area contributed by atoms with Crippen LogP contribution in [0.1, 0.15) is 19.3 Å². The molecule has 9 heavy (non-hydrogen) atoms. The van der Waals surface area contributed by atoms with Gasteiger partial charge in [0.2, 0.25) is 0 Å². The molecule has 0 saturated heterocycles. The standard InChI is InChI=1S/C7H14FN/c1-9-6-7(2-3-7)4-5-8/h9H,2-6H2,1H3. The van der Waals surface area contributed by atoms with Crippen molar-refractivity contribution in [3.63, 3.8) is 0 Å². The number of alkyl halides is 1. The summed E-state index contributed by atoms with van der Waals surface area (Å²) in [6.45, 7) is 0.846. The summed E-state index contributed by atoms with van der Waals surface area (Å²) >= 11 is 0. The van der Waals surface area contributed by atoms with E-state index in [1.54, 1.807) is 0 Å². The van der Waals surface area contributed by atoms with E-state index in [0.29, 0.717) is 5.41 Å². The van der Waals surface area contributed by atoms with Crippen LogP contribution in [0.2, 0.25) is 0 Å². The van der Waals surface area contributed by atoms with Crippen LogP contribution in [0.15, 0.2) is 0 Å². The van der Waals surface area contributed by atoms with Crippen molar-refractivity contribution in [1.29, 1.82) is 0 Å². The Hall–Kier alpha value is -0.110. The molecule has 0 heterocycles. The Balaban J connectivity index is 2.17. The van der Waals surface area contributed by atoms with Crippen LogP contribution in [0.3, 0.4) is 0 Å². The molecule has 0 aliphatic heterocycles. The van der Waals surface area contributed by atoms with Crippen LogP contribution in [0.4, 0.5) is 4.39 Å². The van der Waals surface area contributed by atoms with Gasteiger partial charge in [-0.3, -0.25) is 4.39 Å². The fraction of sp³-hybridized carbons (Fsp3) is 1.00. The predicted octanol–water partition coefficient (Wildman–Crippen LogP) is 1.35. The Labute approximate surface area is 55.6 Å². The lowest BCUT2D eigenvalue weighted by molar-refractivity contribution is 0.362. The van der Waals surface area contributed by atoms with E-state index in [0.717, 1.165) is 13.0 Å². The first-order chi connectivity index (χ1) is 4.33. The van der Waals surface area contributed by atoms with Gasteiger partial charge in [0.1, 0.15) is 0 Å². The van der Waals surface area contributed by atoms with Crippen LogP contribution >= 0.6 is 0 Å². The summed E-state index contributed by atoms with van der Waals surface area (Å²) in [6, 6.07) is 0. The molecule has 0 aromatic heterocycles. The Morgan fingerprint density at radius 3 is 2.56 bits per heavy atom. The molecule has 1 aliphatic rings. The van der Waals surface area contributed by atoms with Gasteiger partial charge >= 0.3 is 0 Å². The first-order valence-corrected chi connectivity index (χ1v) is 3.54. The molecule has 1 fully saturated rings. The summed E-state index contributed by atoms with van der Waals surface area (Å²) in [5, 5.41) is 3.09. The minimum Gasteiger partial charge on any atom is -0.319 e. The van der Waals surface area contributed by atoms with Gasteiger partial charge < -0.3 is 5.32 Å². The van der Waals surface area contributed by atoms with Crippen LogP contribution in [0.25, 0.3) is 0 Å². The minimum absolute atomic E-state index is 0.151. The SMILES string of the molecule is CNCC1(CCF)CC1. The molecule has 1 saturated carbocycles. The van der Waals surface area contributed by atoms with E-state index in [1.807, 2.05) is 7.05 Å². The van der Waals surface area contributed by atoms with Crippen molar-refractivity contribution >= 4 is 0 Å². The van der Waals surface area contributed by atoms with E-state index in [1.165, 1.54) is 12.8 Å². The summed E-state index contributed by atoms with van der Waals surface area (Å²) in [7, 11) is 1.93. The van der Waals surface area contributed by atoms with Crippen molar-refractivity contribution in [3.05, 3.63) is 0 Å². The second-order valence-corrected chi connectivity index (χ2v) is 2.97. The fourth-order valence-corrected chi connectivity index (χ4v) is 1.27. The third-order valence-corrected chi connectivity index (χ3v) is 2.13. The Kier molecular flexibility index (Phi) is 2.06. The molecule has 1 aliphatic carbocycles. The van der Waals surface area contributed by atoms with Crippen molar-refractivity contribution in [2.75, 3.05) is 20.3 Å². The van der Waals surface area contributed by atoms with Gasteiger partial charge in [0.25, 0.3) is 0 Å². The van der Waals surface area contributed by atoms with Crippen molar-refractivity contribution in [2.45, 2.75) is 19.3 Å². The van der Waals surface area contributed by atoms with Crippen LogP contribution in [0, 0.1) is 5.41 Å². The topological polar surface area (TPSA) is 12.0 Å². The van der Waals surface area contributed by atoms with E-state index in [4.69, 9.17) is 0 Å². The van der Waals surface area contributed by atoms with Gasteiger partial charge in [-0.2, -0.15) is 0 Å². The van der Waals surface area contributed by atoms with E-state index in [9.17, 15) is 4.39 Å². The summed E-state index contributed by atoms with van der Waals surface area (Å²) < 4.78 is 11.8. The highest BCUT2D eigenvalue weighted by Crippen LogP contribution is 2.47. The third-order valence-electron chi connectivity index (χ3n) is 2.13. The Bertz CT molecular complexity index is 80.9. The van der Waals surface area contributed by atoms with Gasteiger partial charge in [-0.1, -0.05) is 0 Å². The normalized spacial score (nSPS) is 22.0. The highest BCUT2D eigenvalue weighted by atomic mass is 19.1. The van der Waals surface area contributed by atoms with E-state index in [-0.39, 0.29) is 6.67 Å². The number of hydrogen-bond acceptors (Lipinski definition) is 1. The average molecular weight is 131 g/mol. The van der Waals surface area contributed by atoms with Gasteiger partial charge in [0.05, 0.1) is 6.67 Å². The number of nitrogens with one attached hydrogen (secondary N) is 1. The summed E-state index contributed by atoms with van der Waals surface area (Å²) in [5.74, 6) is 0. The van der Waals surface area contributed by atoms with Crippen molar-refractivity contribution in [1.82, 2.24) is 5.32 Å². The smallest absolute Gasteiger partial charge is 0.0900 e. The molecule has 0 aromatic rings. The minimum atomic E-state index is -0.151. The maximum absolute atomic E-state index is 11.8. The van der Waals surface area contributed by atoms with Crippen LogP contribution in [0.5, 0.6) is 0 Å². The molecular formula is C7H14FN. The summed E-state index contributed by atoms with van der Waals surface area (Å²) in [5.41, 5.74) is 0.365. The lowest BCUT2D eigenvalue weighted by atomic mass is 10.0. The van der Waals surface area contributed by atoms with Crippen molar-refractivity contribution in [2.24, 2.45) is 5.41 Å². The maximum Gasteiger partial charge on any atom is 0.0900 e. The molecule has 54 valence electrons. The average Bonchev–Trinajstić information content (AvgIpc) is 2.51. The van der Waals surface area contributed by atoms with E-state index >= 15 is 0 Å². The molecule has 0 aromatic carbocycles. The lowest BCUT2D eigenvalue weighted by Crippen LogP contribution is -2.20. The van der Waals surface area contributed by atoms with Crippen LogP contribution in [-0.2, 0) is 0 Å². The quantitative estimate of drug-likeness (QED) is 0.607. The van der Waals surface area contributed by atoms with Crippen molar-refractivity contribution in [3.8, 4) is 0 Å². The maximum atomic E-state index is 11.8. The van der Waals surface area contributed by atoms with Gasteiger partial charge in [0.15, 0.2) is 0 Å². The van der Waals surface area contributed by atoms with Crippen LogP contribution < -0.4 is 5.32 Å². The number of rotatable bonds is 4. The van der Waals surface area contributed by atoms with Gasteiger partial charge in [0, 0.05) is 6.54 Å². The van der Waals surface area contributed by atoms with Gasteiger partial charge in [-0.05, 0) is 31.7 Å². The second kappa shape index (κ2) is 2.65. The Morgan fingerprint density at radius 1 is 1.56 bits per heavy atom. The molecule has 1 nitrogen and oxygen atoms in total. The second-order valence-electron chi connectivity index (χ2n) is 2.97. The molecule has 0 unspecified atom stereocenters. The zero-order valence-corrected chi connectivity index (χ0v) is 5.91. The fourth-order valence-electron chi connectivity index (χ4n) is 1.27. The first-order valence-electron chi connectivity index (χ1n) is 3.54. The largest absolute Gasteiger partial charge is 0.319 e. The van der Waals surface area contributed by atoms with Crippen LogP contribution in [-0.4, -0.2) is 20.3 Å². The van der Waals surface area contributed by atoms with E-state index < -0.39 is 0 Å². The zero-order chi connectivity index (χ0) is 6.74. The highest BCUT2D eigenvalue weighted by Gasteiger charge is 2.40.